The van der Waals surface area contributed by atoms with Gasteiger partial charge in [0.05, 0.1) is 11.4 Å². The maximum Gasteiger partial charge on any atom is 0.194 e. The van der Waals surface area contributed by atoms with Gasteiger partial charge in [0.25, 0.3) is 0 Å². The molecule has 2 aromatic rings. The Kier molecular flexibility index (Phi) is 6.72. The summed E-state index contributed by atoms with van der Waals surface area (Å²) in [6.07, 6.45) is 0.687. The van der Waals surface area contributed by atoms with Gasteiger partial charge in [-0.05, 0) is 19.1 Å². The number of guanidine groups is 1. The predicted molar refractivity (Wildman–Crippen MR) is 91.3 cm³/mol. The van der Waals surface area contributed by atoms with Crippen LogP contribution in [0.4, 0.5) is 14.5 Å². The van der Waals surface area contributed by atoms with Crippen molar-refractivity contribution in [2.45, 2.75) is 26.8 Å². The van der Waals surface area contributed by atoms with E-state index in [1.807, 2.05) is 13.8 Å². The van der Waals surface area contributed by atoms with Crippen LogP contribution >= 0.6 is 24.0 Å². The molecule has 0 saturated heterocycles. The summed E-state index contributed by atoms with van der Waals surface area (Å²) >= 11 is 0. The van der Waals surface area contributed by atoms with Crippen molar-refractivity contribution >= 4 is 35.6 Å². The molecule has 0 unspecified atom stereocenters. The van der Waals surface area contributed by atoms with Gasteiger partial charge in [0.15, 0.2) is 11.9 Å². The van der Waals surface area contributed by atoms with Crippen LogP contribution in [0.25, 0.3) is 0 Å². The van der Waals surface area contributed by atoms with Gasteiger partial charge < -0.3 is 15.5 Å². The highest BCUT2D eigenvalue weighted by Gasteiger charge is 2.08. The van der Waals surface area contributed by atoms with E-state index in [1.54, 1.807) is 0 Å². The van der Waals surface area contributed by atoms with Gasteiger partial charge in [-0.1, -0.05) is 6.92 Å². The molecule has 0 aliphatic rings. The van der Waals surface area contributed by atoms with E-state index in [0.717, 1.165) is 23.9 Å². The summed E-state index contributed by atoms with van der Waals surface area (Å²) in [7, 11) is 0. The molecule has 22 heavy (non-hydrogen) atoms. The molecule has 0 bridgehead atoms. The number of hydrogen-bond donors (Lipinski definition) is 2. The molecule has 0 saturated carbocycles. The van der Waals surface area contributed by atoms with Crippen LogP contribution in [0.2, 0.25) is 0 Å². The van der Waals surface area contributed by atoms with Crippen molar-refractivity contribution in [1.29, 1.82) is 0 Å². The lowest BCUT2D eigenvalue weighted by Crippen LogP contribution is -2.23. The van der Waals surface area contributed by atoms with Crippen molar-refractivity contribution in [3.8, 4) is 0 Å². The summed E-state index contributed by atoms with van der Waals surface area (Å²) in [4.78, 5) is 8.24. The molecule has 3 N–H and O–H groups in total. The SMILES string of the molecule is CCc1nc(C)c(CN=C(N)Nc2cc(F)ccc2F)o1.I. The van der Waals surface area contributed by atoms with E-state index in [9.17, 15) is 8.78 Å². The zero-order valence-corrected chi connectivity index (χ0v) is 14.5. The van der Waals surface area contributed by atoms with Gasteiger partial charge in [-0.2, -0.15) is 0 Å². The summed E-state index contributed by atoms with van der Waals surface area (Å²) in [6.45, 7) is 3.92. The second-order valence-electron chi connectivity index (χ2n) is 4.42. The largest absolute Gasteiger partial charge is 0.443 e. The summed E-state index contributed by atoms with van der Waals surface area (Å²) < 4.78 is 31.9. The Balaban J connectivity index is 0.00000242. The zero-order chi connectivity index (χ0) is 15.4. The molecule has 2 rings (SSSR count). The maximum absolute atomic E-state index is 13.4. The molecule has 0 radical (unpaired) electrons. The summed E-state index contributed by atoms with van der Waals surface area (Å²) in [6, 6.07) is 3.05. The fraction of sp³-hybridized carbons (Fsp3) is 0.286. The second-order valence-corrected chi connectivity index (χ2v) is 4.42. The smallest absolute Gasteiger partial charge is 0.194 e. The summed E-state index contributed by atoms with van der Waals surface area (Å²) in [5.74, 6) is 0.00843. The van der Waals surface area contributed by atoms with Crippen LogP contribution in [0.1, 0.15) is 24.3 Å². The summed E-state index contributed by atoms with van der Waals surface area (Å²) in [5.41, 5.74) is 6.32. The molecule has 0 amide bonds. The Labute approximate surface area is 144 Å². The number of nitrogens with zero attached hydrogens (tertiary/aromatic N) is 2. The fourth-order valence-corrected chi connectivity index (χ4v) is 1.71. The van der Waals surface area contributed by atoms with Crippen LogP contribution in [-0.4, -0.2) is 10.9 Å². The molecule has 0 atom stereocenters. The van der Waals surface area contributed by atoms with Crippen molar-refractivity contribution in [3.63, 3.8) is 0 Å². The molecule has 8 heteroatoms. The fourth-order valence-electron chi connectivity index (χ4n) is 1.71. The molecule has 0 aliphatic heterocycles. The van der Waals surface area contributed by atoms with Crippen LogP contribution in [0.5, 0.6) is 0 Å². The Morgan fingerprint density at radius 3 is 2.77 bits per heavy atom. The Bertz CT molecular complexity index is 673. The number of nitrogens with one attached hydrogen (secondary N) is 1. The molecule has 1 aromatic carbocycles. The molecular formula is C14H17F2IN4O. The first-order valence-corrected chi connectivity index (χ1v) is 6.46. The number of anilines is 1. The van der Waals surface area contributed by atoms with E-state index in [2.05, 4.69) is 15.3 Å². The van der Waals surface area contributed by atoms with Crippen molar-refractivity contribution in [2.24, 2.45) is 10.7 Å². The van der Waals surface area contributed by atoms with Gasteiger partial charge in [0.1, 0.15) is 23.9 Å². The Morgan fingerprint density at radius 1 is 1.41 bits per heavy atom. The average Bonchev–Trinajstić information content (AvgIpc) is 2.81. The van der Waals surface area contributed by atoms with Gasteiger partial charge in [-0.3, -0.25) is 0 Å². The lowest BCUT2D eigenvalue weighted by molar-refractivity contribution is 0.461. The third-order valence-corrected chi connectivity index (χ3v) is 2.82. The van der Waals surface area contributed by atoms with Gasteiger partial charge in [-0.25, -0.2) is 18.8 Å². The number of aromatic nitrogens is 1. The van der Waals surface area contributed by atoms with Crippen molar-refractivity contribution in [2.75, 3.05) is 5.32 Å². The highest BCUT2D eigenvalue weighted by molar-refractivity contribution is 14.0. The van der Waals surface area contributed by atoms with Crippen molar-refractivity contribution < 1.29 is 13.2 Å². The molecule has 1 aromatic heterocycles. The third kappa shape index (κ3) is 4.65. The minimum Gasteiger partial charge on any atom is -0.443 e. The highest BCUT2D eigenvalue weighted by Crippen LogP contribution is 2.15. The number of nitrogens with two attached hydrogens (primary N) is 1. The first-order chi connectivity index (χ1) is 9.99. The van der Waals surface area contributed by atoms with Gasteiger partial charge >= 0.3 is 0 Å². The van der Waals surface area contributed by atoms with E-state index in [1.165, 1.54) is 0 Å². The van der Waals surface area contributed by atoms with Crippen LogP contribution < -0.4 is 11.1 Å². The normalized spacial score (nSPS) is 11.2. The van der Waals surface area contributed by atoms with Crippen LogP contribution in [0.3, 0.4) is 0 Å². The molecular weight excluding hydrogens is 405 g/mol. The Morgan fingerprint density at radius 2 is 2.14 bits per heavy atom. The van der Waals surface area contributed by atoms with E-state index in [-0.39, 0.29) is 42.2 Å². The number of halogens is 3. The standard InChI is InChI=1S/C14H16F2N4O.HI/c1-3-13-19-8(2)12(21-13)7-18-14(17)20-11-6-9(15)4-5-10(11)16;/h4-6H,3,7H2,1-2H3,(H3,17,18,20);1H. The molecule has 0 fully saturated rings. The minimum absolute atomic E-state index is 0. The van der Waals surface area contributed by atoms with Crippen molar-refractivity contribution in [1.82, 2.24) is 4.98 Å². The van der Waals surface area contributed by atoms with Gasteiger partial charge in [0.2, 0.25) is 0 Å². The average molecular weight is 422 g/mol. The van der Waals surface area contributed by atoms with Crippen LogP contribution in [0.15, 0.2) is 27.6 Å². The maximum atomic E-state index is 13.4. The summed E-state index contributed by atoms with van der Waals surface area (Å²) in [5, 5.41) is 2.51. The molecule has 120 valence electrons. The number of benzene rings is 1. The van der Waals surface area contributed by atoms with Gasteiger partial charge in [-0.15, -0.1) is 24.0 Å². The predicted octanol–water partition coefficient (Wildman–Crippen LogP) is 3.37. The number of hydrogen-bond acceptors (Lipinski definition) is 3. The van der Waals surface area contributed by atoms with E-state index >= 15 is 0 Å². The lowest BCUT2D eigenvalue weighted by Gasteiger charge is -2.06. The second kappa shape index (κ2) is 8.06. The number of rotatable bonds is 4. The Hall–Kier alpha value is -1.71. The van der Waals surface area contributed by atoms with Gasteiger partial charge in [0, 0.05) is 12.5 Å². The number of aryl methyl sites for hydroxylation is 2. The van der Waals surface area contributed by atoms with Crippen LogP contribution in [-0.2, 0) is 13.0 Å². The van der Waals surface area contributed by atoms with E-state index in [0.29, 0.717) is 18.1 Å². The zero-order valence-electron chi connectivity index (χ0n) is 12.2. The van der Waals surface area contributed by atoms with E-state index in [4.69, 9.17) is 10.2 Å². The number of oxazole rings is 1. The van der Waals surface area contributed by atoms with Crippen molar-refractivity contribution in [3.05, 3.63) is 47.2 Å². The molecule has 0 spiro atoms. The van der Waals surface area contributed by atoms with E-state index < -0.39 is 11.6 Å². The highest BCUT2D eigenvalue weighted by atomic mass is 127. The lowest BCUT2D eigenvalue weighted by atomic mass is 10.3. The molecule has 0 aliphatic carbocycles. The molecule has 5 nitrogen and oxygen atoms in total. The monoisotopic (exact) mass is 422 g/mol. The quantitative estimate of drug-likeness (QED) is 0.450. The molecule has 1 heterocycles. The third-order valence-electron chi connectivity index (χ3n) is 2.82. The first-order valence-electron chi connectivity index (χ1n) is 6.46. The number of aliphatic imine (C=N–C) groups is 1. The topological polar surface area (TPSA) is 76.4 Å². The first kappa shape index (κ1) is 18.3. The minimum atomic E-state index is -0.612. The van der Waals surface area contributed by atoms with Crippen LogP contribution in [0, 0.1) is 18.6 Å².